The quantitative estimate of drug-likeness (QED) is 0.723. The molecule has 1 heterocycles. The van der Waals surface area contributed by atoms with Crippen LogP contribution in [0.5, 0.6) is 5.75 Å². The summed E-state index contributed by atoms with van der Waals surface area (Å²) in [6.45, 7) is 0. The van der Waals surface area contributed by atoms with Gasteiger partial charge in [-0.2, -0.15) is 0 Å². The van der Waals surface area contributed by atoms with E-state index < -0.39 is 5.91 Å². The fraction of sp³-hybridized carbons (Fsp3) is 0. The molecule has 0 fully saturated rings. The number of hydrogen-bond donors (Lipinski definition) is 2. The number of phenols is 1. The van der Waals surface area contributed by atoms with Gasteiger partial charge in [0.2, 0.25) is 0 Å². The molecule has 76 valence electrons. The van der Waals surface area contributed by atoms with Gasteiger partial charge in [-0.1, -0.05) is 5.21 Å². The lowest BCUT2D eigenvalue weighted by Crippen LogP contribution is -2.11. The van der Waals surface area contributed by atoms with Crippen molar-refractivity contribution in [2.24, 2.45) is 5.73 Å². The highest BCUT2D eigenvalue weighted by molar-refractivity contribution is 5.90. The second-order valence-electron chi connectivity index (χ2n) is 2.93. The standard InChI is InChI=1S/C9H8N4O2/c10-9(15)8-5-13(12-11-8)6-1-3-7(14)4-2-6/h1-5,14H,(H2,10,15). The summed E-state index contributed by atoms with van der Waals surface area (Å²) in [7, 11) is 0. The zero-order chi connectivity index (χ0) is 10.8. The second-order valence-corrected chi connectivity index (χ2v) is 2.93. The van der Waals surface area contributed by atoms with Crippen LogP contribution < -0.4 is 5.73 Å². The van der Waals surface area contributed by atoms with Crippen LogP contribution in [0.4, 0.5) is 0 Å². The van der Waals surface area contributed by atoms with Gasteiger partial charge in [0, 0.05) is 0 Å². The van der Waals surface area contributed by atoms with Crippen LogP contribution in [0.2, 0.25) is 0 Å². The van der Waals surface area contributed by atoms with Gasteiger partial charge in [-0.15, -0.1) is 5.10 Å². The van der Waals surface area contributed by atoms with Crippen molar-refractivity contribution in [3.63, 3.8) is 0 Å². The number of rotatable bonds is 2. The third kappa shape index (κ3) is 1.78. The highest BCUT2D eigenvalue weighted by Gasteiger charge is 2.06. The van der Waals surface area contributed by atoms with Crippen LogP contribution in [0.1, 0.15) is 10.5 Å². The molecule has 0 radical (unpaired) electrons. The molecular weight excluding hydrogens is 196 g/mol. The number of carbonyl (C=O) groups is 1. The van der Waals surface area contributed by atoms with Gasteiger partial charge in [0.25, 0.3) is 5.91 Å². The smallest absolute Gasteiger partial charge is 0.270 e. The lowest BCUT2D eigenvalue weighted by atomic mass is 10.3. The first-order valence-corrected chi connectivity index (χ1v) is 4.18. The summed E-state index contributed by atoms with van der Waals surface area (Å²) in [6, 6.07) is 6.32. The first-order valence-electron chi connectivity index (χ1n) is 4.18. The van der Waals surface area contributed by atoms with Crippen LogP contribution >= 0.6 is 0 Å². The van der Waals surface area contributed by atoms with E-state index in [2.05, 4.69) is 10.3 Å². The Kier molecular flexibility index (Phi) is 2.09. The number of benzene rings is 1. The Bertz CT molecular complexity index is 489. The third-order valence-electron chi connectivity index (χ3n) is 1.86. The van der Waals surface area contributed by atoms with E-state index in [1.807, 2.05) is 0 Å². The zero-order valence-electron chi connectivity index (χ0n) is 7.66. The van der Waals surface area contributed by atoms with Crippen LogP contribution in [-0.2, 0) is 0 Å². The van der Waals surface area contributed by atoms with Gasteiger partial charge >= 0.3 is 0 Å². The highest BCUT2D eigenvalue weighted by atomic mass is 16.3. The largest absolute Gasteiger partial charge is 0.508 e. The zero-order valence-corrected chi connectivity index (χ0v) is 7.66. The highest BCUT2D eigenvalue weighted by Crippen LogP contribution is 2.12. The summed E-state index contributed by atoms with van der Waals surface area (Å²) < 4.78 is 1.40. The Balaban J connectivity index is 2.37. The van der Waals surface area contributed by atoms with Gasteiger partial charge in [0.05, 0.1) is 11.9 Å². The lowest BCUT2D eigenvalue weighted by molar-refractivity contribution is 0.0995. The molecule has 0 spiro atoms. The van der Waals surface area contributed by atoms with Crippen molar-refractivity contribution in [3.8, 4) is 11.4 Å². The molecule has 1 aromatic carbocycles. The maximum atomic E-state index is 10.8. The normalized spacial score (nSPS) is 10.1. The third-order valence-corrected chi connectivity index (χ3v) is 1.86. The Labute approximate surface area is 84.9 Å². The van der Waals surface area contributed by atoms with Gasteiger partial charge < -0.3 is 10.8 Å². The number of phenolic OH excluding ortho intramolecular Hbond substituents is 1. The summed E-state index contributed by atoms with van der Waals surface area (Å²) in [5.74, 6) is -0.464. The maximum Gasteiger partial charge on any atom is 0.270 e. The number of nitrogens with zero attached hydrogens (tertiary/aromatic N) is 3. The molecule has 0 saturated carbocycles. The first kappa shape index (κ1) is 9.20. The van der Waals surface area contributed by atoms with Crippen molar-refractivity contribution >= 4 is 5.91 Å². The van der Waals surface area contributed by atoms with Crippen LogP contribution in [-0.4, -0.2) is 26.0 Å². The fourth-order valence-electron chi connectivity index (χ4n) is 1.11. The summed E-state index contributed by atoms with van der Waals surface area (Å²) >= 11 is 0. The summed E-state index contributed by atoms with van der Waals surface area (Å²) in [5.41, 5.74) is 5.82. The van der Waals surface area contributed by atoms with Gasteiger partial charge in [-0.3, -0.25) is 4.79 Å². The van der Waals surface area contributed by atoms with Crippen LogP contribution in [0, 0.1) is 0 Å². The number of primary amides is 1. The van der Waals surface area contributed by atoms with E-state index in [1.165, 1.54) is 23.0 Å². The molecule has 0 aliphatic carbocycles. The summed E-state index contributed by atoms with van der Waals surface area (Å²) in [5, 5.41) is 16.4. The molecule has 2 rings (SSSR count). The molecule has 6 nitrogen and oxygen atoms in total. The molecule has 1 aromatic heterocycles. The molecule has 0 bridgehead atoms. The van der Waals surface area contributed by atoms with E-state index in [0.29, 0.717) is 5.69 Å². The monoisotopic (exact) mass is 204 g/mol. The van der Waals surface area contributed by atoms with E-state index >= 15 is 0 Å². The van der Waals surface area contributed by atoms with E-state index in [4.69, 9.17) is 10.8 Å². The van der Waals surface area contributed by atoms with E-state index in [1.54, 1.807) is 12.1 Å². The number of hydrogen-bond acceptors (Lipinski definition) is 4. The maximum absolute atomic E-state index is 10.8. The molecule has 2 aromatic rings. The number of aromatic hydroxyl groups is 1. The van der Waals surface area contributed by atoms with Gasteiger partial charge in [-0.05, 0) is 24.3 Å². The molecule has 3 N–H and O–H groups in total. The number of carbonyl (C=O) groups excluding carboxylic acids is 1. The minimum absolute atomic E-state index is 0.100. The number of aromatic nitrogens is 3. The molecule has 0 aliphatic rings. The minimum Gasteiger partial charge on any atom is -0.508 e. The Morgan fingerprint density at radius 2 is 2.00 bits per heavy atom. The molecule has 0 saturated heterocycles. The Morgan fingerprint density at radius 3 is 2.53 bits per heavy atom. The number of nitrogens with two attached hydrogens (primary N) is 1. The van der Waals surface area contributed by atoms with Crippen molar-refractivity contribution < 1.29 is 9.90 Å². The molecule has 1 amide bonds. The van der Waals surface area contributed by atoms with Crippen LogP contribution in [0.25, 0.3) is 5.69 Å². The van der Waals surface area contributed by atoms with Crippen molar-refractivity contribution in [2.75, 3.05) is 0 Å². The Morgan fingerprint density at radius 1 is 1.33 bits per heavy atom. The topological polar surface area (TPSA) is 94.0 Å². The average molecular weight is 204 g/mol. The molecule has 6 heteroatoms. The van der Waals surface area contributed by atoms with Crippen molar-refractivity contribution in [3.05, 3.63) is 36.2 Å². The summed E-state index contributed by atoms with van der Waals surface area (Å²) in [6.07, 6.45) is 1.43. The van der Waals surface area contributed by atoms with Gasteiger partial charge in [-0.25, -0.2) is 4.68 Å². The fourth-order valence-corrected chi connectivity index (χ4v) is 1.11. The second kappa shape index (κ2) is 3.41. The molecule has 15 heavy (non-hydrogen) atoms. The van der Waals surface area contributed by atoms with Gasteiger partial charge in [0.1, 0.15) is 5.75 Å². The van der Waals surface area contributed by atoms with E-state index in [0.717, 1.165) is 0 Å². The van der Waals surface area contributed by atoms with E-state index in [9.17, 15) is 4.79 Å². The lowest BCUT2D eigenvalue weighted by Gasteiger charge is -1.98. The summed E-state index contributed by atoms with van der Waals surface area (Å²) in [4.78, 5) is 10.8. The van der Waals surface area contributed by atoms with Gasteiger partial charge in [0.15, 0.2) is 5.69 Å². The molecule has 0 aliphatic heterocycles. The first-order chi connectivity index (χ1) is 7.16. The molecule has 0 atom stereocenters. The average Bonchev–Trinajstić information content (AvgIpc) is 2.68. The SMILES string of the molecule is NC(=O)c1cn(-c2ccc(O)cc2)nn1. The van der Waals surface area contributed by atoms with Crippen molar-refractivity contribution in [1.29, 1.82) is 0 Å². The minimum atomic E-state index is -0.625. The van der Waals surface area contributed by atoms with Crippen molar-refractivity contribution in [2.45, 2.75) is 0 Å². The molecular formula is C9H8N4O2. The van der Waals surface area contributed by atoms with E-state index in [-0.39, 0.29) is 11.4 Å². The van der Waals surface area contributed by atoms with Crippen molar-refractivity contribution in [1.82, 2.24) is 15.0 Å². The number of amides is 1. The van der Waals surface area contributed by atoms with Crippen LogP contribution in [0.15, 0.2) is 30.5 Å². The van der Waals surface area contributed by atoms with Crippen LogP contribution in [0.3, 0.4) is 0 Å². The predicted molar refractivity (Wildman–Crippen MR) is 51.5 cm³/mol. The predicted octanol–water partition coefficient (Wildman–Crippen LogP) is 0.0718. The Hall–Kier alpha value is -2.37. The molecule has 0 unspecified atom stereocenters.